The molecule has 0 atom stereocenters. The monoisotopic (exact) mass is 219 g/mol. The fourth-order valence-corrected chi connectivity index (χ4v) is 1.47. The van der Waals surface area contributed by atoms with Gasteiger partial charge in [-0.05, 0) is 24.4 Å². The molecule has 0 fully saturated rings. The van der Waals surface area contributed by atoms with Gasteiger partial charge in [0.05, 0.1) is 0 Å². The van der Waals surface area contributed by atoms with Crippen LogP contribution in [-0.2, 0) is 0 Å². The minimum Gasteiger partial charge on any atom is -0.310 e. The molecule has 0 bridgehead atoms. The smallest absolute Gasteiger partial charge is 0.257 e. The average Bonchev–Trinajstić information content (AvgIpc) is 2.30. The number of benzene rings is 1. The van der Waals surface area contributed by atoms with Crippen molar-refractivity contribution in [3.05, 3.63) is 40.2 Å². The second-order valence-electron chi connectivity index (χ2n) is 3.25. The minimum absolute atomic E-state index is 0.129. The van der Waals surface area contributed by atoms with E-state index in [4.69, 9.17) is 5.84 Å². The maximum Gasteiger partial charge on any atom is 0.257 e. The van der Waals surface area contributed by atoms with Crippen molar-refractivity contribution in [3.63, 3.8) is 0 Å². The summed E-state index contributed by atoms with van der Waals surface area (Å²) in [6.45, 7) is 5.98. The number of anilines is 1. The van der Waals surface area contributed by atoms with Crippen LogP contribution >= 0.6 is 0 Å². The highest BCUT2D eigenvalue weighted by Crippen LogP contribution is 2.14. The Morgan fingerprint density at radius 1 is 1.25 bits per heavy atom. The Morgan fingerprint density at radius 3 is 2.56 bits per heavy atom. The molecule has 16 heavy (non-hydrogen) atoms. The van der Waals surface area contributed by atoms with Gasteiger partial charge in [-0.2, -0.15) is 0 Å². The Kier molecular flexibility index (Phi) is 4.08. The van der Waals surface area contributed by atoms with E-state index in [1.165, 1.54) is 0 Å². The zero-order valence-corrected chi connectivity index (χ0v) is 9.79. The summed E-state index contributed by atoms with van der Waals surface area (Å²) in [5.74, 6) is 5.75. The van der Waals surface area contributed by atoms with E-state index in [9.17, 15) is 4.79 Å². The quantitative estimate of drug-likeness (QED) is 0.508. The number of rotatable bonds is 1. The van der Waals surface area contributed by atoms with Gasteiger partial charge in [0, 0.05) is 5.39 Å². The number of aryl methyl sites for hydroxylation is 1. The number of hydrogen-bond acceptors (Lipinski definition) is 3. The Labute approximate surface area is 94.5 Å². The van der Waals surface area contributed by atoms with Gasteiger partial charge in [0.1, 0.15) is 5.82 Å². The van der Waals surface area contributed by atoms with Crippen LogP contribution in [0.25, 0.3) is 10.8 Å². The molecule has 1 aromatic carbocycles. The molecule has 0 aliphatic rings. The fraction of sp³-hybridized carbons (Fsp3) is 0.250. The number of pyridine rings is 1. The van der Waals surface area contributed by atoms with Crippen LogP contribution in [0.15, 0.2) is 29.1 Å². The van der Waals surface area contributed by atoms with Crippen LogP contribution in [0.2, 0.25) is 0 Å². The summed E-state index contributed by atoms with van der Waals surface area (Å²) in [7, 11) is 0. The Hall–Kier alpha value is -1.81. The predicted molar refractivity (Wildman–Crippen MR) is 68.5 cm³/mol. The SMILES string of the molecule is CC.Cc1ccc2c(=O)[nH]c(NN)cc2c1. The summed E-state index contributed by atoms with van der Waals surface area (Å²) >= 11 is 0. The molecule has 1 heterocycles. The lowest BCUT2D eigenvalue weighted by molar-refractivity contribution is 1.20. The Balaban J connectivity index is 0.000000606. The second-order valence-corrected chi connectivity index (χ2v) is 3.25. The molecule has 0 saturated heterocycles. The lowest BCUT2D eigenvalue weighted by Gasteiger charge is -2.02. The first kappa shape index (κ1) is 12.3. The summed E-state index contributed by atoms with van der Waals surface area (Å²) in [5.41, 5.74) is 3.41. The van der Waals surface area contributed by atoms with Gasteiger partial charge in [-0.25, -0.2) is 5.84 Å². The molecule has 2 aromatic rings. The summed E-state index contributed by atoms with van der Waals surface area (Å²) in [5, 5.41) is 1.57. The van der Waals surface area contributed by atoms with Crippen molar-refractivity contribution >= 4 is 16.6 Å². The van der Waals surface area contributed by atoms with E-state index in [0.29, 0.717) is 11.2 Å². The third kappa shape index (κ3) is 2.41. The number of nitrogen functional groups attached to an aromatic ring is 1. The first-order valence-corrected chi connectivity index (χ1v) is 5.31. The molecule has 1 aromatic heterocycles. The van der Waals surface area contributed by atoms with Crippen molar-refractivity contribution in [2.45, 2.75) is 20.8 Å². The molecule has 0 aliphatic heterocycles. The number of nitrogens with one attached hydrogen (secondary N) is 2. The van der Waals surface area contributed by atoms with Crippen LogP contribution in [0.4, 0.5) is 5.82 Å². The number of H-pyrrole nitrogens is 1. The molecule has 0 aliphatic carbocycles. The number of hydrogen-bond donors (Lipinski definition) is 3. The number of nitrogens with two attached hydrogens (primary N) is 1. The van der Waals surface area contributed by atoms with Crippen LogP contribution < -0.4 is 16.8 Å². The summed E-state index contributed by atoms with van der Waals surface area (Å²) in [6.07, 6.45) is 0. The van der Waals surface area contributed by atoms with Gasteiger partial charge in [-0.15, -0.1) is 0 Å². The maximum absolute atomic E-state index is 11.5. The van der Waals surface area contributed by atoms with Crippen molar-refractivity contribution in [2.75, 3.05) is 5.43 Å². The third-order valence-corrected chi connectivity index (χ3v) is 2.16. The molecule has 2 rings (SSSR count). The van der Waals surface area contributed by atoms with E-state index >= 15 is 0 Å². The van der Waals surface area contributed by atoms with Gasteiger partial charge in [0.25, 0.3) is 5.56 Å². The largest absolute Gasteiger partial charge is 0.310 e. The number of aromatic amines is 1. The van der Waals surface area contributed by atoms with Crippen molar-refractivity contribution < 1.29 is 0 Å². The van der Waals surface area contributed by atoms with Crippen molar-refractivity contribution in [3.8, 4) is 0 Å². The molecule has 0 unspecified atom stereocenters. The van der Waals surface area contributed by atoms with Crippen molar-refractivity contribution in [2.24, 2.45) is 5.84 Å². The normalized spacial score (nSPS) is 9.50. The fourth-order valence-electron chi connectivity index (χ4n) is 1.47. The third-order valence-electron chi connectivity index (χ3n) is 2.16. The molecule has 0 spiro atoms. The van der Waals surface area contributed by atoms with Gasteiger partial charge in [0.15, 0.2) is 0 Å². The van der Waals surface area contributed by atoms with E-state index in [1.54, 1.807) is 0 Å². The molecule has 4 N–H and O–H groups in total. The lowest BCUT2D eigenvalue weighted by atomic mass is 10.1. The van der Waals surface area contributed by atoms with Crippen LogP contribution in [0, 0.1) is 6.92 Å². The highest BCUT2D eigenvalue weighted by molar-refractivity contribution is 5.84. The predicted octanol–water partition coefficient (Wildman–Crippen LogP) is 2.15. The first-order valence-electron chi connectivity index (χ1n) is 5.31. The maximum atomic E-state index is 11.5. The number of aromatic nitrogens is 1. The zero-order chi connectivity index (χ0) is 12.1. The average molecular weight is 219 g/mol. The molecule has 0 amide bonds. The summed E-state index contributed by atoms with van der Waals surface area (Å²) < 4.78 is 0. The van der Waals surface area contributed by atoms with E-state index in [-0.39, 0.29) is 5.56 Å². The minimum atomic E-state index is -0.129. The van der Waals surface area contributed by atoms with Gasteiger partial charge < -0.3 is 10.4 Å². The van der Waals surface area contributed by atoms with Crippen molar-refractivity contribution in [1.82, 2.24) is 4.98 Å². The van der Waals surface area contributed by atoms with E-state index < -0.39 is 0 Å². The second kappa shape index (κ2) is 5.32. The van der Waals surface area contributed by atoms with Gasteiger partial charge in [-0.3, -0.25) is 4.79 Å². The van der Waals surface area contributed by atoms with Crippen LogP contribution in [0.5, 0.6) is 0 Å². The first-order chi connectivity index (χ1) is 7.70. The van der Waals surface area contributed by atoms with Gasteiger partial charge in [0.2, 0.25) is 0 Å². The summed E-state index contributed by atoms with van der Waals surface area (Å²) in [6, 6.07) is 7.48. The molecule has 4 nitrogen and oxygen atoms in total. The molecule has 86 valence electrons. The molecular weight excluding hydrogens is 202 g/mol. The lowest BCUT2D eigenvalue weighted by Crippen LogP contribution is -2.14. The highest BCUT2D eigenvalue weighted by Gasteiger charge is 2.00. The topological polar surface area (TPSA) is 70.9 Å². The van der Waals surface area contributed by atoms with E-state index in [0.717, 1.165) is 10.9 Å². The van der Waals surface area contributed by atoms with Gasteiger partial charge in [-0.1, -0.05) is 31.5 Å². The standard InChI is InChI=1S/C10H11N3O.C2H6/c1-6-2-3-8-7(4-6)5-9(13-11)12-10(8)14;1-2/h2-5H,11H2,1H3,(H2,12,13,14);1-2H3. The Bertz CT molecular complexity index is 531. The number of fused-ring (bicyclic) bond motifs is 1. The molecule has 4 heteroatoms. The van der Waals surface area contributed by atoms with Gasteiger partial charge >= 0.3 is 0 Å². The molecule has 0 saturated carbocycles. The summed E-state index contributed by atoms with van der Waals surface area (Å²) in [4.78, 5) is 14.1. The Morgan fingerprint density at radius 2 is 1.94 bits per heavy atom. The molecule has 0 radical (unpaired) electrons. The molecular formula is C12H17N3O. The number of hydrazine groups is 1. The highest BCUT2D eigenvalue weighted by atomic mass is 16.1. The van der Waals surface area contributed by atoms with Crippen molar-refractivity contribution in [1.29, 1.82) is 0 Å². The van der Waals surface area contributed by atoms with Crippen LogP contribution in [0.1, 0.15) is 19.4 Å². The van der Waals surface area contributed by atoms with Crippen LogP contribution in [0.3, 0.4) is 0 Å². The van der Waals surface area contributed by atoms with E-state index in [1.807, 2.05) is 45.0 Å². The van der Waals surface area contributed by atoms with E-state index in [2.05, 4.69) is 10.4 Å². The van der Waals surface area contributed by atoms with Crippen LogP contribution in [-0.4, -0.2) is 4.98 Å². The zero-order valence-electron chi connectivity index (χ0n) is 9.79.